The van der Waals surface area contributed by atoms with E-state index in [0.29, 0.717) is 41.4 Å². The molecule has 0 saturated heterocycles. The van der Waals surface area contributed by atoms with E-state index in [2.05, 4.69) is 31.2 Å². The van der Waals surface area contributed by atoms with Crippen LogP contribution in [0.25, 0.3) is 11.4 Å². The van der Waals surface area contributed by atoms with Crippen LogP contribution in [0.3, 0.4) is 0 Å². The minimum Gasteiger partial charge on any atom is -0.489 e. The molecule has 1 aliphatic heterocycles. The van der Waals surface area contributed by atoms with Crippen molar-refractivity contribution in [3.8, 4) is 22.9 Å². The molecule has 2 heterocycles. The number of halogens is 2. The summed E-state index contributed by atoms with van der Waals surface area (Å²) in [4.78, 5) is 8.77. The van der Waals surface area contributed by atoms with Crippen LogP contribution in [-0.4, -0.2) is 30.2 Å². The SMILES string of the molecule is CNc1nc(-c2cc(Cl)c3c(c2)OCCCO3)ncc1Br. The van der Waals surface area contributed by atoms with Crippen LogP contribution >= 0.6 is 27.5 Å². The van der Waals surface area contributed by atoms with Crippen molar-refractivity contribution in [2.75, 3.05) is 25.6 Å². The minimum atomic E-state index is 0.502. The summed E-state index contributed by atoms with van der Waals surface area (Å²) in [5, 5.41) is 3.51. The van der Waals surface area contributed by atoms with E-state index in [1.165, 1.54) is 0 Å². The molecule has 0 aliphatic carbocycles. The number of aromatic nitrogens is 2. The summed E-state index contributed by atoms with van der Waals surface area (Å²) in [5.41, 5.74) is 0.785. The number of rotatable bonds is 2. The van der Waals surface area contributed by atoms with Gasteiger partial charge in [-0.25, -0.2) is 9.97 Å². The van der Waals surface area contributed by atoms with E-state index in [9.17, 15) is 0 Å². The zero-order valence-electron chi connectivity index (χ0n) is 11.3. The smallest absolute Gasteiger partial charge is 0.179 e. The van der Waals surface area contributed by atoms with Crippen LogP contribution in [0.2, 0.25) is 5.02 Å². The molecule has 0 radical (unpaired) electrons. The Morgan fingerprint density at radius 1 is 1.29 bits per heavy atom. The van der Waals surface area contributed by atoms with Gasteiger partial charge in [0.2, 0.25) is 0 Å². The predicted octanol–water partition coefficient (Wildman–Crippen LogP) is 3.76. The fraction of sp³-hybridized carbons (Fsp3) is 0.286. The normalized spacial score (nSPS) is 13.7. The largest absolute Gasteiger partial charge is 0.489 e. The van der Waals surface area contributed by atoms with Gasteiger partial charge in [0, 0.05) is 25.2 Å². The van der Waals surface area contributed by atoms with Crippen LogP contribution in [0.1, 0.15) is 6.42 Å². The molecule has 0 spiro atoms. The molecule has 1 aromatic carbocycles. The topological polar surface area (TPSA) is 56.3 Å². The molecule has 1 aliphatic rings. The van der Waals surface area contributed by atoms with E-state index in [1.807, 2.05) is 6.07 Å². The van der Waals surface area contributed by atoms with Crippen molar-refractivity contribution in [3.05, 3.63) is 27.8 Å². The molecule has 21 heavy (non-hydrogen) atoms. The van der Waals surface area contributed by atoms with E-state index in [0.717, 1.165) is 16.5 Å². The third-order valence-corrected chi connectivity index (χ3v) is 3.90. The summed E-state index contributed by atoms with van der Waals surface area (Å²) in [7, 11) is 1.80. The van der Waals surface area contributed by atoms with Gasteiger partial charge in [-0.15, -0.1) is 0 Å². The van der Waals surface area contributed by atoms with Gasteiger partial charge in [-0.05, 0) is 28.1 Å². The quantitative estimate of drug-likeness (QED) is 0.872. The van der Waals surface area contributed by atoms with Crippen molar-refractivity contribution in [3.63, 3.8) is 0 Å². The van der Waals surface area contributed by atoms with Crippen LogP contribution < -0.4 is 14.8 Å². The summed E-state index contributed by atoms with van der Waals surface area (Å²) < 4.78 is 12.1. The Bertz CT molecular complexity index is 682. The second-order valence-electron chi connectivity index (χ2n) is 4.48. The van der Waals surface area contributed by atoms with Crippen LogP contribution in [0, 0.1) is 0 Å². The highest BCUT2D eigenvalue weighted by Gasteiger charge is 2.17. The zero-order chi connectivity index (χ0) is 14.8. The van der Waals surface area contributed by atoms with E-state index in [-0.39, 0.29) is 0 Å². The molecule has 110 valence electrons. The maximum Gasteiger partial charge on any atom is 0.179 e. The Morgan fingerprint density at radius 2 is 2.10 bits per heavy atom. The van der Waals surface area contributed by atoms with Crippen molar-refractivity contribution in [2.24, 2.45) is 0 Å². The standard InChI is InChI=1S/C14H13BrClN3O2/c1-17-14-9(15)7-18-13(19-14)8-5-10(16)12-11(6-8)20-3-2-4-21-12/h5-7H,2-4H2,1H3,(H,17,18,19). The third kappa shape index (κ3) is 2.91. The summed E-state index contributed by atoms with van der Waals surface area (Å²) in [6.07, 6.45) is 2.53. The first kappa shape index (κ1) is 14.4. The van der Waals surface area contributed by atoms with E-state index in [1.54, 1.807) is 19.3 Å². The molecule has 5 nitrogen and oxygen atoms in total. The van der Waals surface area contributed by atoms with E-state index < -0.39 is 0 Å². The Morgan fingerprint density at radius 3 is 2.90 bits per heavy atom. The minimum absolute atomic E-state index is 0.502. The van der Waals surface area contributed by atoms with Gasteiger partial charge in [0.25, 0.3) is 0 Å². The summed E-state index contributed by atoms with van der Waals surface area (Å²) >= 11 is 9.68. The molecular weight excluding hydrogens is 358 g/mol. The van der Waals surface area contributed by atoms with Gasteiger partial charge >= 0.3 is 0 Å². The second-order valence-corrected chi connectivity index (χ2v) is 5.74. The highest BCUT2D eigenvalue weighted by atomic mass is 79.9. The predicted molar refractivity (Wildman–Crippen MR) is 85.3 cm³/mol. The molecule has 0 unspecified atom stereocenters. The van der Waals surface area contributed by atoms with E-state index >= 15 is 0 Å². The molecule has 1 N–H and O–H groups in total. The van der Waals surface area contributed by atoms with Crippen LogP contribution in [0.4, 0.5) is 5.82 Å². The highest BCUT2D eigenvalue weighted by Crippen LogP contribution is 2.40. The fourth-order valence-corrected chi connectivity index (χ4v) is 2.70. The number of ether oxygens (including phenoxy) is 2. The van der Waals surface area contributed by atoms with Crippen molar-refractivity contribution in [2.45, 2.75) is 6.42 Å². The number of hydrogen-bond acceptors (Lipinski definition) is 5. The average Bonchev–Trinajstić information content (AvgIpc) is 2.73. The monoisotopic (exact) mass is 369 g/mol. The average molecular weight is 371 g/mol. The number of nitrogens with zero attached hydrogens (tertiary/aromatic N) is 2. The highest BCUT2D eigenvalue weighted by molar-refractivity contribution is 9.10. The van der Waals surface area contributed by atoms with Crippen LogP contribution in [0.15, 0.2) is 22.8 Å². The van der Waals surface area contributed by atoms with Gasteiger partial charge in [0.05, 0.1) is 22.7 Å². The molecule has 0 bridgehead atoms. The van der Waals surface area contributed by atoms with E-state index in [4.69, 9.17) is 21.1 Å². The van der Waals surface area contributed by atoms with Crippen molar-refractivity contribution >= 4 is 33.3 Å². The number of nitrogens with one attached hydrogen (secondary N) is 1. The molecule has 3 rings (SSSR count). The summed E-state index contributed by atoms with van der Waals surface area (Å²) in [6, 6.07) is 3.65. The molecule has 7 heteroatoms. The lowest BCUT2D eigenvalue weighted by molar-refractivity contribution is 0.297. The molecule has 0 fully saturated rings. The molecular formula is C14H13BrClN3O2. The molecule has 0 amide bonds. The first-order valence-corrected chi connectivity index (χ1v) is 7.66. The van der Waals surface area contributed by atoms with Crippen molar-refractivity contribution in [1.82, 2.24) is 9.97 Å². The second kappa shape index (κ2) is 6.07. The number of hydrogen-bond donors (Lipinski definition) is 1. The number of anilines is 1. The van der Waals surface area contributed by atoms with Gasteiger partial charge in [0.1, 0.15) is 5.82 Å². The molecule has 2 aromatic rings. The Balaban J connectivity index is 2.07. The maximum absolute atomic E-state index is 6.29. The Kier molecular flexibility index (Phi) is 4.17. The molecule has 0 saturated carbocycles. The van der Waals surface area contributed by atoms with Crippen molar-refractivity contribution < 1.29 is 9.47 Å². The fourth-order valence-electron chi connectivity index (χ4n) is 2.04. The summed E-state index contributed by atoms with van der Waals surface area (Å²) in [5.74, 6) is 2.50. The van der Waals surface area contributed by atoms with Gasteiger partial charge in [-0.3, -0.25) is 0 Å². The lowest BCUT2D eigenvalue weighted by Gasteiger charge is -2.11. The third-order valence-electron chi connectivity index (χ3n) is 3.04. The lowest BCUT2D eigenvalue weighted by atomic mass is 10.2. The zero-order valence-corrected chi connectivity index (χ0v) is 13.7. The van der Waals surface area contributed by atoms with Crippen molar-refractivity contribution in [1.29, 1.82) is 0 Å². The van der Waals surface area contributed by atoms with Crippen LogP contribution in [0.5, 0.6) is 11.5 Å². The number of benzene rings is 1. The Labute approximate surface area is 135 Å². The summed E-state index contributed by atoms with van der Waals surface area (Å²) in [6.45, 7) is 1.21. The van der Waals surface area contributed by atoms with Gasteiger partial charge < -0.3 is 14.8 Å². The Hall–Kier alpha value is -1.53. The molecule has 0 atom stereocenters. The lowest BCUT2D eigenvalue weighted by Crippen LogP contribution is -1.98. The first-order valence-electron chi connectivity index (χ1n) is 6.49. The first-order chi connectivity index (χ1) is 10.2. The number of fused-ring (bicyclic) bond motifs is 1. The van der Waals surface area contributed by atoms with Gasteiger partial charge in [-0.1, -0.05) is 11.6 Å². The van der Waals surface area contributed by atoms with Gasteiger partial charge in [-0.2, -0.15) is 0 Å². The molecule has 1 aromatic heterocycles. The van der Waals surface area contributed by atoms with Gasteiger partial charge in [0.15, 0.2) is 17.3 Å². The maximum atomic E-state index is 6.29. The van der Waals surface area contributed by atoms with Crippen LogP contribution in [-0.2, 0) is 0 Å².